The Labute approximate surface area is 142 Å². The number of nitrogens with one attached hydrogen (secondary N) is 1. The van der Waals surface area contributed by atoms with Crippen LogP contribution in [0.3, 0.4) is 0 Å². The quantitative estimate of drug-likeness (QED) is 0.876. The van der Waals surface area contributed by atoms with E-state index < -0.39 is 6.61 Å². The molecule has 6 heteroatoms. The highest BCUT2D eigenvalue weighted by Gasteiger charge is 2.31. The fourth-order valence-electron chi connectivity index (χ4n) is 3.86. The largest absolute Gasteiger partial charge is 0.435 e. The molecule has 1 aliphatic carbocycles. The van der Waals surface area contributed by atoms with Gasteiger partial charge in [0.05, 0.1) is 0 Å². The highest BCUT2D eigenvalue weighted by molar-refractivity contribution is 5.85. The first-order chi connectivity index (χ1) is 10.7. The Morgan fingerprint density at radius 2 is 1.65 bits per heavy atom. The summed E-state index contributed by atoms with van der Waals surface area (Å²) in [5.74, 6) is 0.921. The lowest BCUT2D eigenvalue weighted by Gasteiger charge is -2.38. The summed E-state index contributed by atoms with van der Waals surface area (Å²) in [5.41, 5.74) is 1.23. The molecule has 3 nitrogen and oxygen atoms in total. The van der Waals surface area contributed by atoms with Gasteiger partial charge in [-0.05, 0) is 36.5 Å². The molecule has 0 radical (unpaired) electrons. The molecule has 2 aliphatic rings. The van der Waals surface area contributed by atoms with Crippen LogP contribution < -0.4 is 10.1 Å². The lowest BCUT2D eigenvalue weighted by atomic mass is 9.89. The summed E-state index contributed by atoms with van der Waals surface area (Å²) in [6, 6.07) is 7.67. The lowest BCUT2D eigenvalue weighted by Crippen LogP contribution is -2.46. The molecule has 0 bridgehead atoms. The van der Waals surface area contributed by atoms with E-state index in [0.29, 0.717) is 12.0 Å². The van der Waals surface area contributed by atoms with Crippen molar-refractivity contribution < 1.29 is 13.5 Å². The summed E-state index contributed by atoms with van der Waals surface area (Å²) >= 11 is 0. The maximum Gasteiger partial charge on any atom is 0.387 e. The Bertz CT molecular complexity index is 460. The van der Waals surface area contributed by atoms with Gasteiger partial charge in [-0.1, -0.05) is 25.0 Å². The third-order valence-electron chi connectivity index (χ3n) is 4.84. The Morgan fingerprint density at radius 1 is 1.04 bits per heavy atom. The molecule has 0 unspecified atom stereocenters. The minimum absolute atomic E-state index is 0. The summed E-state index contributed by atoms with van der Waals surface area (Å²) < 4.78 is 29.0. The molecule has 0 amide bonds. The number of halogens is 3. The number of ether oxygens (including phenoxy) is 1. The number of benzene rings is 1. The van der Waals surface area contributed by atoms with E-state index in [4.69, 9.17) is 0 Å². The van der Waals surface area contributed by atoms with Gasteiger partial charge in [-0.2, -0.15) is 8.78 Å². The van der Waals surface area contributed by atoms with Gasteiger partial charge >= 0.3 is 6.61 Å². The zero-order valence-corrected chi connectivity index (χ0v) is 14.0. The van der Waals surface area contributed by atoms with Gasteiger partial charge in [-0.3, -0.25) is 4.90 Å². The molecule has 1 aliphatic heterocycles. The maximum absolute atomic E-state index is 12.3. The van der Waals surface area contributed by atoms with Crippen LogP contribution >= 0.6 is 12.4 Å². The van der Waals surface area contributed by atoms with Gasteiger partial charge in [0, 0.05) is 32.2 Å². The van der Waals surface area contributed by atoms with E-state index in [1.807, 2.05) is 12.1 Å². The van der Waals surface area contributed by atoms with Gasteiger partial charge < -0.3 is 10.1 Å². The van der Waals surface area contributed by atoms with E-state index in [0.717, 1.165) is 26.2 Å². The van der Waals surface area contributed by atoms with Crippen molar-refractivity contribution in [3.05, 3.63) is 29.8 Å². The van der Waals surface area contributed by atoms with Crippen LogP contribution in [0.2, 0.25) is 0 Å². The average Bonchev–Trinajstić information content (AvgIpc) is 3.04. The van der Waals surface area contributed by atoms with E-state index in [1.165, 1.54) is 31.2 Å². The average molecular weight is 347 g/mol. The number of rotatable bonds is 5. The monoisotopic (exact) mass is 346 g/mol. The molecule has 2 fully saturated rings. The van der Waals surface area contributed by atoms with Crippen molar-refractivity contribution in [2.24, 2.45) is 5.92 Å². The summed E-state index contributed by atoms with van der Waals surface area (Å²) in [6.45, 7) is 1.39. The minimum atomic E-state index is -2.76. The standard InChI is InChI=1S/C17H24F2N2O.ClH/c18-17(19)22-15-7-5-14(6-8-15)16(13-3-1-2-4-13)21-11-9-20-10-12-21;/h5-8,13,16-17,20H,1-4,9-12H2;1H/t16-;/m1./s1. The van der Waals surface area contributed by atoms with Gasteiger partial charge in [0.15, 0.2) is 0 Å². The van der Waals surface area contributed by atoms with Crippen LogP contribution in [0.5, 0.6) is 5.75 Å². The fraction of sp³-hybridized carbons (Fsp3) is 0.647. The molecule has 1 N–H and O–H groups in total. The van der Waals surface area contributed by atoms with Crippen molar-refractivity contribution in [2.45, 2.75) is 38.3 Å². The van der Waals surface area contributed by atoms with Crippen molar-refractivity contribution in [3.63, 3.8) is 0 Å². The molecular formula is C17H25ClF2N2O. The van der Waals surface area contributed by atoms with Crippen LogP contribution in [-0.4, -0.2) is 37.7 Å². The summed E-state index contributed by atoms with van der Waals surface area (Å²) in [7, 11) is 0. The Morgan fingerprint density at radius 3 is 2.22 bits per heavy atom. The Hall–Kier alpha value is -0.910. The highest BCUT2D eigenvalue weighted by atomic mass is 35.5. The minimum Gasteiger partial charge on any atom is -0.435 e. The van der Waals surface area contributed by atoms with Gasteiger partial charge in [0.1, 0.15) is 5.75 Å². The van der Waals surface area contributed by atoms with Crippen LogP contribution in [0.1, 0.15) is 37.3 Å². The van der Waals surface area contributed by atoms with Crippen LogP contribution in [0.15, 0.2) is 24.3 Å². The zero-order valence-electron chi connectivity index (χ0n) is 13.2. The Balaban J connectivity index is 0.00000192. The predicted octanol–water partition coefficient (Wildman–Crippen LogP) is 3.85. The first kappa shape index (κ1) is 18.4. The fourth-order valence-corrected chi connectivity index (χ4v) is 3.86. The van der Waals surface area contributed by atoms with Gasteiger partial charge in [0.2, 0.25) is 0 Å². The molecule has 1 heterocycles. The topological polar surface area (TPSA) is 24.5 Å². The summed E-state index contributed by atoms with van der Waals surface area (Å²) in [5, 5.41) is 3.40. The van der Waals surface area contributed by atoms with E-state index in [2.05, 4.69) is 15.0 Å². The number of nitrogens with zero attached hydrogens (tertiary/aromatic N) is 1. The van der Waals surface area contributed by atoms with Crippen molar-refractivity contribution in [1.29, 1.82) is 0 Å². The van der Waals surface area contributed by atoms with Gasteiger partial charge in [0.25, 0.3) is 0 Å². The number of alkyl halides is 2. The smallest absolute Gasteiger partial charge is 0.387 e. The highest BCUT2D eigenvalue weighted by Crippen LogP contribution is 2.40. The van der Waals surface area contributed by atoms with Crippen molar-refractivity contribution in [2.75, 3.05) is 26.2 Å². The van der Waals surface area contributed by atoms with Crippen LogP contribution in [0.4, 0.5) is 8.78 Å². The molecule has 1 atom stereocenters. The summed E-state index contributed by atoms with van der Waals surface area (Å²) in [6.07, 6.45) is 5.15. The second-order valence-corrected chi connectivity index (χ2v) is 6.22. The van der Waals surface area contributed by atoms with E-state index >= 15 is 0 Å². The first-order valence-electron chi connectivity index (χ1n) is 8.23. The molecule has 1 aromatic carbocycles. The SMILES string of the molecule is Cl.FC(F)Oc1ccc([C@@H](C2CCCC2)N2CCNCC2)cc1. The second-order valence-electron chi connectivity index (χ2n) is 6.22. The first-order valence-corrected chi connectivity index (χ1v) is 8.23. The molecule has 1 aromatic rings. The number of piperazine rings is 1. The van der Waals surface area contributed by atoms with Gasteiger partial charge in [-0.15, -0.1) is 12.4 Å². The third-order valence-corrected chi connectivity index (χ3v) is 4.84. The zero-order chi connectivity index (χ0) is 15.4. The number of hydrogen-bond acceptors (Lipinski definition) is 3. The van der Waals surface area contributed by atoms with Crippen LogP contribution in [0, 0.1) is 5.92 Å². The molecule has 1 saturated heterocycles. The van der Waals surface area contributed by atoms with E-state index in [1.54, 1.807) is 12.1 Å². The van der Waals surface area contributed by atoms with Crippen LogP contribution in [-0.2, 0) is 0 Å². The molecular weight excluding hydrogens is 322 g/mol. The van der Waals surface area contributed by atoms with Crippen molar-refractivity contribution in [1.82, 2.24) is 10.2 Å². The Kier molecular flexibility index (Phi) is 7.06. The van der Waals surface area contributed by atoms with E-state index in [-0.39, 0.29) is 18.2 Å². The number of hydrogen-bond donors (Lipinski definition) is 1. The van der Waals surface area contributed by atoms with Gasteiger partial charge in [-0.25, -0.2) is 0 Å². The van der Waals surface area contributed by atoms with E-state index in [9.17, 15) is 8.78 Å². The van der Waals surface area contributed by atoms with Crippen LogP contribution in [0.25, 0.3) is 0 Å². The van der Waals surface area contributed by atoms with Crippen molar-refractivity contribution in [3.8, 4) is 5.75 Å². The third kappa shape index (κ3) is 4.78. The molecule has 0 spiro atoms. The molecule has 130 valence electrons. The molecule has 3 rings (SSSR count). The molecule has 0 aromatic heterocycles. The van der Waals surface area contributed by atoms with Crippen molar-refractivity contribution >= 4 is 12.4 Å². The normalized spacial score (nSPS) is 21.2. The second kappa shape index (κ2) is 8.81. The summed E-state index contributed by atoms with van der Waals surface area (Å²) in [4.78, 5) is 2.55. The lowest BCUT2D eigenvalue weighted by molar-refractivity contribution is -0.0498. The molecule has 1 saturated carbocycles. The molecule has 23 heavy (non-hydrogen) atoms. The predicted molar refractivity (Wildman–Crippen MR) is 89.5 cm³/mol. The maximum atomic E-state index is 12.3.